The van der Waals surface area contributed by atoms with Crippen molar-refractivity contribution >= 4 is 0 Å². The molecule has 0 heterocycles. The molecule has 1 unspecified atom stereocenters. The average molecular weight is 215 g/mol. The van der Waals surface area contributed by atoms with Gasteiger partial charge in [-0.25, -0.2) is 0 Å². The highest BCUT2D eigenvalue weighted by atomic mass is 16.5. The van der Waals surface area contributed by atoms with Gasteiger partial charge in [-0.1, -0.05) is 0 Å². The molecule has 1 atom stereocenters. The second-order valence-electron chi connectivity index (χ2n) is 4.62. The SMILES string of the molecule is CC(C)OCCOC(C)CCNC1CC1. The molecule has 0 aliphatic heterocycles. The molecule has 0 radical (unpaired) electrons. The first-order chi connectivity index (χ1) is 7.18. The van der Waals surface area contributed by atoms with Crippen molar-refractivity contribution in [3.63, 3.8) is 0 Å². The van der Waals surface area contributed by atoms with Crippen LogP contribution in [0, 0.1) is 0 Å². The van der Waals surface area contributed by atoms with Crippen molar-refractivity contribution < 1.29 is 9.47 Å². The molecule has 1 N–H and O–H groups in total. The Bertz CT molecular complexity index is 158. The van der Waals surface area contributed by atoms with E-state index in [0.29, 0.717) is 25.4 Å². The van der Waals surface area contributed by atoms with Gasteiger partial charge >= 0.3 is 0 Å². The molecule has 0 spiro atoms. The van der Waals surface area contributed by atoms with E-state index in [1.165, 1.54) is 12.8 Å². The standard InChI is InChI=1S/C12H25NO2/c1-10(2)14-8-9-15-11(3)6-7-13-12-4-5-12/h10-13H,4-9H2,1-3H3. The summed E-state index contributed by atoms with van der Waals surface area (Å²) in [5.74, 6) is 0. The number of hydrogen-bond donors (Lipinski definition) is 1. The van der Waals surface area contributed by atoms with Crippen LogP contribution in [0.15, 0.2) is 0 Å². The Hall–Kier alpha value is -0.120. The highest BCUT2D eigenvalue weighted by Gasteiger charge is 2.19. The first-order valence-electron chi connectivity index (χ1n) is 6.15. The number of nitrogens with one attached hydrogen (secondary N) is 1. The minimum Gasteiger partial charge on any atom is -0.376 e. The van der Waals surface area contributed by atoms with Gasteiger partial charge in [0.2, 0.25) is 0 Å². The van der Waals surface area contributed by atoms with Gasteiger partial charge in [-0.2, -0.15) is 0 Å². The van der Waals surface area contributed by atoms with Crippen LogP contribution in [-0.4, -0.2) is 38.0 Å². The zero-order chi connectivity index (χ0) is 11.1. The molecule has 0 bridgehead atoms. The van der Waals surface area contributed by atoms with Crippen LogP contribution >= 0.6 is 0 Å². The first kappa shape index (κ1) is 12.9. The van der Waals surface area contributed by atoms with Crippen molar-refractivity contribution in [2.45, 2.75) is 58.3 Å². The average Bonchev–Trinajstić information content (AvgIpc) is 2.96. The number of hydrogen-bond acceptors (Lipinski definition) is 3. The molecule has 3 heteroatoms. The van der Waals surface area contributed by atoms with E-state index in [0.717, 1.165) is 19.0 Å². The summed E-state index contributed by atoms with van der Waals surface area (Å²) in [6, 6.07) is 0.807. The van der Waals surface area contributed by atoms with Crippen LogP contribution in [-0.2, 0) is 9.47 Å². The summed E-state index contributed by atoms with van der Waals surface area (Å²) < 4.78 is 11.0. The van der Waals surface area contributed by atoms with Gasteiger partial charge in [0.15, 0.2) is 0 Å². The quantitative estimate of drug-likeness (QED) is 0.596. The van der Waals surface area contributed by atoms with Crippen molar-refractivity contribution in [1.82, 2.24) is 5.32 Å². The van der Waals surface area contributed by atoms with E-state index in [2.05, 4.69) is 12.2 Å². The third kappa shape index (κ3) is 7.77. The van der Waals surface area contributed by atoms with Crippen LogP contribution in [0.2, 0.25) is 0 Å². The van der Waals surface area contributed by atoms with E-state index in [-0.39, 0.29) is 0 Å². The topological polar surface area (TPSA) is 30.5 Å². The third-order valence-electron chi connectivity index (χ3n) is 2.50. The van der Waals surface area contributed by atoms with Gasteiger partial charge in [0.1, 0.15) is 0 Å². The number of rotatable bonds is 9. The van der Waals surface area contributed by atoms with E-state index < -0.39 is 0 Å². The largest absolute Gasteiger partial charge is 0.376 e. The maximum atomic E-state index is 5.63. The van der Waals surface area contributed by atoms with Crippen molar-refractivity contribution in [3.05, 3.63) is 0 Å². The molecule has 1 aliphatic rings. The molecule has 0 saturated heterocycles. The molecule has 15 heavy (non-hydrogen) atoms. The highest BCUT2D eigenvalue weighted by molar-refractivity contribution is 4.80. The van der Waals surface area contributed by atoms with Gasteiger partial charge in [-0.05, 0) is 46.6 Å². The van der Waals surface area contributed by atoms with Gasteiger partial charge in [-0.3, -0.25) is 0 Å². The van der Waals surface area contributed by atoms with Crippen LogP contribution in [0.3, 0.4) is 0 Å². The second kappa shape index (κ2) is 7.20. The van der Waals surface area contributed by atoms with E-state index in [4.69, 9.17) is 9.47 Å². The van der Waals surface area contributed by atoms with E-state index in [1.807, 2.05) is 13.8 Å². The predicted octanol–water partition coefficient (Wildman–Crippen LogP) is 1.96. The Morgan fingerprint density at radius 1 is 1.13 bits per heavy atom. The van der Waals surface area contributed by atoms with Gasteiger partial charge < -0.3 is 14.8 Å². The highest BCUT2D eigenvalue weighted by Crippen LogP contribution is 2.18. The molecule has 3 nitrogen and oxygen atoms in total. The Morgan fingerprint density at radius 3 is 2.40 bits per heavy atom. The monoisotopic (exact) mass is 215 g/mol. The van der Waals surface area contributed by atoms with Crippen molar-refractivity contribution in [3.8, 4) is 0 Å². The number of ether oxygens (including phenoxy) is 2. The van der Waals surface area contributed by atoms with Crippen LogP contribution in [0.1, 0.15) is 40.0 Å². The van der Waals surface area contributed by atoms with E-state index in [1.54, 1.807) is 0 Å². The first-order valence-corrected chi connectivity index (χ1v) is 6.15. The van der Waals surface area contributed by atoms with Gasteiger partial charge in [0.05, 0.1) is 25.4 Å². The van der Waals surface area contributed by atoms with Gasteiger partial charge in [-0.15, -0.1) is 0 Å². The Morgan fingerprint density at radius 2 is 1.80 bits per heavy atom. The fraction of sp³-hybridized carbons (Fsp3) is 1.00. The summed E-state index contributed by atoms with van der Waals surface area (Å²) >= 11 is 0. The Kier molecular flexibility index (Phi) is 6.22. The maximum absolute atomic E-state index is 5.63. The predicted molar refractivity (Wildman–Crippen MR) is 62.1 cm³/mol. The molecule has 0 amide bonds. The molecule has 1 saturated carbocycles. The van der Waals surface area contributed by atoms with E-state index >= 15 is 0 Å². The van der Waals surface area contributed by atoms with Crippen molar-refractivity contribution in [2.24, 2.45) is 0 Å². The lowest BCUT2D eigenvalue weighted by molar-refractivity contribution is -0.00871. The third-order valence-corrected chi connectivity index (χ3v) is 2.50. The van der Waals surface area contributed by atoms with Gasteiger partial charge in [0, 0.05) is 6.04 Å². The zero-order valence-electron chi connectivity index (χ0n) is 10.3. The zero-order valence-corrected chi connectivity index (χ0v) is 10.3. The summed E-state index contributed by atoms with van der Waals surface area (Å²) in [4.78, 5) is 0. The summed E-state index contributed by atoms with van der Waals surface area (Å²) in [7, 11) is 0. The molecular weight excluding hydrogens is 190 g/mol. The normalized spacial score (nSPS) is 18.4. The molecule has 90 valence electrons. The smallest absolute Gasteiger partial charge is 0.0704 e. The molecule has 1 fully saturated rings. The fourth-order valence-corrected chi connectivity index (χ4v) is 1.39. The molecule has 1 rings (SSSR count). The lowest BCUT2D eigenvalue weighted by Crippen LogP contribution is -2.23. The molecule has 1 aliphatic carbocycles. The molecule has 0 aromatic rings. The van der Waals surface area contributed by atoms with Crippen LogP contribution in [0.25, 0.3) is 0 Å². The molecule has 0 aromatic carbocycles. The Labute approximate surface area is 93.5 Å². The van der Waals surface area contributed by atoms with Gasteiger partial charge in [0.25, 0.3) is 0 Å². The van der Waals surface area contributed by atoms with Crippen molar-refractivity contribution in [1.29, 1.82) is 0 Å². The second-order valence-corrected chi connectivity index (χ2v) is 4.62. The van der Waals surface area contributed by atoms with Crippen LogP contribution < -0.4 is 5.32 Å². The summed E-state index contributed by atoms with van der Waals surface area (Å²) in [5.41, 5.74) is 0. The summed E-state index contributed by atoms with van der Waals surface area (Å²) in [6.45, 7) is 8.72. The lowest BCUT2D eigenvalue weighted by Gasteiger charge is -2.14. The molecular formula is C12H25NO2. The fourth-order valence-electron chi connectivity index (χ4n) is 1.39. The minimum absolute atomic E-state index is 0.306. The van der Waals surface area contributed by atoms with Crippen LogP contribution in [0.5, 0.6) is 0 Å². The molecule has 0 aromatic heterocycles. The Balaban J connectivity index is 1.81. The van der Waals surface area contributed by atoms with Crippen LogP contribution in [0.4, 0.5) is 0 Å². The summed E-state index contributed by atoms with van der Waals surface area (Å²) in [6.07, 6.45) is 4.46. The van der Waals surface area contributed by atoms with E-state index in [9.17, 15) is 0 Å². The minimum atomic E-state index is 0.306. The summed E-state index contributed by atoms with van der Waals surface area (Å²) in [5, 5.41) is 3.48. The lowest BCUT2D eigenvalue weighted by atomic mass is 10.3. The van der Waals surface area contributed by atoms with Crippen molar-refractivity contribution in [2.75, 3.05) is 19.8 Å². The maximum Gasteiger partial charge on any atom is 0.0704 e.